The second-order valence-corrected chi connectivity index (χ2v) is 8.94. The lowest BCUT2D eigenvalue weighted by Crippen LogP contribution is -2.36. The molecule has 1 aromatic carbocycles. The molecule has 2 aliphatic carbocycles. The smallest absolute Gasteiger partial charge is 0.166 e. The molecule has 2 atom stereocenters. The molecule has 1 heterocycles. The Balaban J connectivity index is 1.31. The van der Waals surface area contributed by atoms with E-state index in [1.165, 1.54) is 24.8 Å². The molecule has 2 unspecified atom stereocenters. The standard InChI is InChI=1S/C25H33NO3/c1-17-4-6-19(7-5-17)16-26-10-8-18(9-11-26)12-21-13-20-14-23(28-2)24(29-3)15-22(20)25(21)27/h4,6-7,14-15,17-18,21H,5,8-13,16H2,1-3H3. The van der Waals surface area contributed by atoms with Crippen molar-refractivity contribution in [3.8, 4) is 11.5 Å². The number of fused-ring (bicyclic) bond motifs is 1. The Kier molecular flexibility index (Phi) is 6.09. The van der Waals surface area contributed by atoms with Gasteiger partial charge in [-0.1, -0.05) is 25.2 Å². The van der Waals surface area contributed by atoms with E-state index in [0.29, 0.717) is 23.3 Å². The minimum atomic E-state index is 0.115. The Morgan fingerprint density at radius 2 is 1.83 bits per heavy atom. The molecule has 0 radical (unpaired) electrons. The van der Waals surface area contributed by atoms with Crippen LogP contribution in [0.15, 0.2) is 35.9 Å². The van der Waals surface area contributed by atoms with Gasteiger partial charge >= 0.3 is 0 Å². The number of carbonyl (C=O) groups excluding carboxylic acids is 1. The Morgan fingerprint density at radius 1 is 1.10 bits per heavy atom. The Hall–Kier alpha value is -2.07. The summed E-state index contributed by atoms with van der Waals surface area (Å²) in [6.45, 7) is 5.62. The molecule has 1 fully saturated rings. The highest BCUT2D eigenvalue weighted by molar-refractivity contribution is 6.02. The summed E-state index contributed by atoms with van der Waals surface area (Å²) in [4.78, 5) is 15.5. The lowest BCUT2D eigenvalue weighted by atomic mass is 9.85. The van der Waals surface area contributed by atoms with Crippen molar-refractivity contribution in [1.29, 1.82) is 0 Å². The van der Waals surface area contributed by atoms with Crippen molar-refractivity contribution in [3.63, 3.8) is 0 Å². The number of Topliss-reactive ketones (excluding diaryl/α,β-unsaturated/α-hetero) is 1. The van der Waals surface area contributed by atoms with Crippen molar-refractivity contribution < 1.29 is 14.3 Å². The molecule has 4 nitrogen and oxygen atoms in total. The fraction of sp³-hybridized carbons (Fsp3) is 0.560. The third kappa shape index (κ3) is 4.42. The number of ether oxygens (including phenoxy) is 2. The van der Waals surface area contributed by atoms with Gasteiger partial charge in [-0.15, -0.1) is 0 Å². The van der Waals surface area contributed by atoms with Crippen LogP contribution in [0.3, 0.4) is 0 Å². The van der Waals surface area contributed by atoms with E-state index in [0.717, 1.165) is 43.6 Å². The molecule has 1 saturated heterocycles. The lowest BCUT2D eigenvalue weighted by Gasteiger charge is -2.33. The van der Waals surface area contributed by atoms with E-state index in [1.807, 2.05) is 12.1 Å². The maximum absolute atomic E-state index is 13.0. The highest BCUT2D eigenvalue weighted by Gasteiger charge is 2.34. The van der Waals surface area contributed by atoms with Gasteiger partial charge < -0.3 is 9.47 Å². The summed E-state index contributed by atoms with van der Waals surface area (Å²) in [5, 5.41) is 0. The highest BCUT2D eigenvalue weighted by atomic mass is 16.5. The molecular weight excluding hydrogens is 362 g/mol. The molecule has 0 bridgehead atoms. The van der Waals surface area contributed by atoms with E-state index in [4.69, 9.17) is 9.47 Å². The van der Waals surface area contributed by atoms with E-state index >= 15 is 0 Å². The van der Waals surface area contributed by atoms with Gasteiger partial charge in [0.25, 0.3) is 0 Å². The number of rotatable bonds is 6. The average molecular weight is 396 g/mol. The summed E-state index contributed by atoms with van der Waals surface area (Å²) in [5.74, 6) is 3.09. The molecule has 29 heavy (non-hydrogen) atoms. The molecule has 156 valence electrons. The van der Waals surface area contributed by atoms with Gasteiger partial charge in [0, 0.05) is 18.0 Å². The second-order valence-electron chi connectivity index (χ2n) is 8.94. The van der Waals surface area contributed by atoms with Crippen LogP contribution in [0, 0.1) is 17.8 Å². The Labute approximate surface area is 174 Å². The molecule has 0 spiro atoms. The summed E-state index contributed by atoms with van der Waals surface area (Å²) in [6.07, 6.45) is 12.4. The summed E-state index contributed by atoms with van der Waals surface area (Å²) in [5.41, 5.74) is 3.40. The number of hydrogen-bond acceptors (Lipinski definition) is 4. The average Bonchev–Trinajstić information content (AvgIpc) is 3.04. The van der Waals surface area contributed by atoms with Gasteiger partial charge in [0.1, 0.15) is 0 Å². The quantitative estimate of drug-likeness (QED) is 0.701. The third-order valence-corrected chi connectivity index (χ3v) is 6.83. The van der Waals surface area contributed by atoms with Gasteiger partial charge in [-0.3, -0.25) is 9.69 Å². The maximum atomic E-state index is 13.0. The van der Waals surface area contributed by atoms with Crippen LogP contribution in [0.1, 0.15) is 48.5 Å². The van der Waals surface area contributed by atoms with E-state index in [9.17, 15) is 4.79 Å². The normalized spacial score (nSPS) is 25.1. The number of benzene rings is 1. The monoisotopic (exact) mass is 395 g/mol. The third-order valence-electron chi connectivity index (χ3n) is 6.83. The van der Waals surface area contributed by atoms with Crippen LogP contribution < -0.4 is 9.47 Å². The van der Waals surface area contributed by atoms with Gasteiger partial charge in [0.2, 0.25) is 0 Å². The molecule has 0 N–H and O–H groups in total. The first kappa shape index (κ1) is 20.2. The van der Waals surface area contributed by atoms with Gasteiger partial charge in [-0.25, -0.2) is 0 Å². The fourth-order valence-corrected chi connectivity index (χ4v) is 5.02. The van der Waals surface area contributed by atoms with Crippen molar-refractivity contribution in [2.45, 2.75) is 39.0 Å². The molecule has 4 heteroatoms. The summed E-state index contributed by atoms with van der Waals surface area (Å²) < 4.78 is 10.8. The summed E-state index contributed by atoms with van der Waals surface area (Å²) >= 11 is 0. The largest absolute Gasteiger partial charge is 0.493 e. The number of nitrogens with zero attached hydrogens (tertiary/aromatic N) is 1. The van der Waals surface area contributed by atoms with Crippen molar-refractivity contribution >= 4 is 5.78 Å². The highest BCUT2D eigenvalue weighted by Crippen LogP contribution is 2.39. The SMILES string of the molecule is COc1cc2c(cc1OC)C(=O)C(CC1CCN(CC3=CCC(C)C=C3)CC1)C2. The minimum Gasteiger partial charge on any atom is -0.493 e. The first-order valence-corrected chi connectivity index (χ1v) is 11.0. The van der Waals surface area contributed by atoms with Crippen LogP contribution in [-0.2, 0) is 6.42 Å². The predicted octanol–water partition coefficient (Wildman–Crippen LogP) is 4.68. The molecule has 1 aromatic rings. The van der Waals surface area contributed by atoms with E-state index in [1.54, 1.807) is 14.2 Å². The first-order valence-electron chi connectivity index (χ1n) is 11.0. The molecular formula is C25H33NO3. The molecule has 0 amide bonds. The lowest BCUT2D eigenvalue weighted by molar-refractivity contribution is 0.0900. The topological polar surface area (TPSA) is 38.8 Å². The zero-order valence-corrected chi connectivity index (χ0v) is 17.9. The zero-order valence-electron chi connectivity index (χ0n) is 17.9. The van der Waals surface area contributed by atoms with Crippen molar-refractivity contribution in [1.82, 2.24) is 4.90 Å². The fourth-order valence-electron chi connectivity index (χ4n) is 5.02. The van der Waals surface area contributed by atoms with Crippen molar-refractivity contribution in [2.24, 2.45) is 17.8 Å². The molecule has 0 aromatic heterocycles. The summed E-state index contributed by atoms with van der Waals surface area (Å²) in [7, 11) is 3.26. The molecule has 4 rings (SSSR count). The van der Waals surface area contributed by atoms with E-state index in [-0.39, 0.29) is 11.7 Å². The van der Waals surface area contributed by atoms with Gasteiger partial charge in [-0.05, 0) is 80.3 Å². The van der Waals surface area contributed by atoms with Gasteiger partial charge in [0.05, 0.1) is 14.2 Å². The number of piperidine rings is 1. The van der Waals surface area contributed by atoms with Crippen molar-refractivity contribution in [3.05, 3.63) is 47.1 Å². The number of likely N-dealkylation sites (tertiary alicyclic amines) is 1. The first-order chi connectivity index (χ1) is 14.1. The van der Waals surface area contributed by atoms with Crippen LogP contribution in [0.4, 0.5) is 0 Å². The van der Waals surface area contributed by atoms with Crippen LogP contribution >= 0.6 is 0 Å². The van der Waals surface area contributed by atoms with E-state index < -0.39 is 0 Å². The molecule has 1 aliphatic heterocycles. The van der Waals surface area contributed by atoms with Crippen LogP contribution in [0.2, 0.25) is 0 Å². The van der Waals surface area contributed by atoms with Crippen molar-refractivity contribution in [2.75, 3.05) is 33.9 Å². The Morgan fingerprint density at radius 3 is 2.48 bits per heavy atom. The van der Waals surface area contributed by atoms with Gasteiger partial charge in [-0.2, -0.15) is 0 Å². The minimum absolute atomic E-state index is 0.115. The number of methoxy groups -OCH3 is 2. The van der Waals surface area contributed by atoms with Crippen LogP contribution in [0.5, 0.6) is 11.5 Å². The number of ketones is 1. The van der Waals surface area contributed by atoms with Crippen LogP contribution in [-0.4, -0.2) is 44.5 Å². The van der Waals surface area contributed by atoms with E-state index in [2.05, 4.69) is 30.1 Å². The molecule has 3 aliphatic rings. The second kappa shape index (κ2) is 8.74. The number of carbonyl (C=O) groups is 1. The van der Waals surface area contributed by atoms with Crippen LogP contribution in [0.25, 0.3) is 0 Å². The number of allylic oxidation sites excluding steroid dienone is 2. The maximum Gasteiger partial charge on any atom is 0.166 e. The molecule has 0 saturated carbocycles. The summed E-state index contributed by atoms with van der Waals surface area (Å²) in [6, 6.07) is 3.85. The predicted molar refractivity (Wildman–Crippen MR) is 116 cm³/mol. The van der Waals surface area contributed by atoms with Gasteiger partial charge in [0.15, 0.2) is 17.3 Å². The Bertz CT molecular complexity index is 818. The number of hydrogen-bond donors (Lipinski definition) is 0. The zero-order chi connectivity index (χ0) is 20.4.